The molecule has 0 spiro atoms. The molecule has 0 aromatic heterocycles. The molecule has 0 atom stereocenters. The summed E-state index contributed by atoms with van der Waals surface area (Å²) in [6.07, 6.45) is 0. The Morgan fingerprint density at radius 3 is 2.33 bits per heavy atom. The maximum Gasteiger partial charge on any atom is 0.236 e. The van der Waals surface area contributed by atoms with E-state index in [4.69, 9.17) is 0 Å². The molecule has 0 heterocycles. The summed E-state index contributed by atoms with van der Waals surface area (Å²) in [4.78, 5) is 15.9. The van der Waals surface area contributed by atoms with Crippen LogP contribution in [-0.2, 0) is 11.3 Å². The highest BCUT2D eigenvalue weighted by atomic mass is 16.2. The zero-order valence-electron chi connectivity index (χ0n) is 11.9. The van der Waals surface area contributed by atoms with Crippen LogP contribution in [0.5, 0.6) is 0 Å². The highest BCUT2D eigenvalue weighted by molar-refractivity contribution is 5.78. The van der Waals surface area contributed by atoms with Gasteiger partial charge in [-0.2, -0.15) is 0 Å². The summed E-state index contributed by atoms with van der Waals surface area (Å²) >= 11 is 0. The van der Waals surface area contributed by atoms with Crippen molar-refractivity contribution < 1.29 is 4.79 Å². The van der Waals surface area contributed by atoms with Crippen molar-refractivity contribution in [3.05, 3.63) is 35.4 Å². The molecule has 18 heavy (non-hydrogen) atoms. The molecule has 0 radical (unpaired) electrons. The largest absolute Gasteiger partial charge is 0.342 e. The maximum atomic E-state index is 12.0. The normalized spacial score (nSPS) is 10.7. The molecular weight excluding hydrogens is 224 g/mol. The van der Waals surface area contributed by atoms with Crippen molar-refractivity contribution in [3.8, 4) is 0 Å². The topological polar surface area (TPSA) is 23.6 Å². The molecule has 0 aliphatic carbocycles. The van der Waals surface area contributed by atoms with E-state index in [0.717, 1.165) is 19.6 Å². The van der Waals surface area contributed by atoms with Crippen LogP contribution < -0.4 is 0 Å². The molecular formula is C15H24N2O. The Kier molecular flexibility index (Phi) is 5.86. The second-order valence-electron chi connectivity index (χ2n) is 4.66. The Hall–Kier alpha value is -1.35. The number of carbonyl (C=O) groups excluding carboxylic acids is 1. The molecule has 0 bridgehead atoms. The lowest BCUT2D eigenvalue weighted by molar-refractivity contribution is -0.131. The van der Waals surface area contributed by atoms with Gasteiger partial charge in [-0.25, -0.2) is 0 Å². The number of hydrogen-bond donors (Lipinski definition) is 0. The molecule has 1 rings (SSSR count). The zero-order chi connectivity index (χ0) is 13.5. The molecule has 1 amide bonds. The van der Waals surface area contributed by atoms with Crippen LogP contribution in [0.2, 0.25) is 0 Å². The minimum absolute atomic E-state index is 0.205. The summed E-state index contributed by atoms with van der Waals surface area (Å²) < 4.78 is 0. The first kappa shape index (κ1) is 14.7. The predicted molar refractivity (Wildman–Crippen MR) is 75.4 cm³/mol. The summed E-state index contributed by atoms with van der Waals surface area (Å²) in [6.45, 7) is 9.01. The fourth-order valence-electron chi connectivity index (χ4n) is 2.04. The summed E-state index contributed by atoms with van der Waals surface area (Å²) in [5.74, 6) is 0.205. The number of benzene rings is 1. The molecule has 3 nitrogen and oxygen atoms in total. The van der Waals surface area contributed by atoms with Gasteiger partial charge in [0.1, 0.15) is 0 Å². The van der Waals surface area contributed by atoms with Gasteiger partial charge in [0.2, 0.25) is 5.91 Å². The number of hydrogen-bond acceptors (Lipinski definition) is 2. The van der Waals surface area contributed by atoms with Gasteiger partial charge in [0.05, 0.1) is 6.54 Å². The fraction of sp³-hybridized carbons (Fsp3) is 0.533. The average Bonchev–Trinajstić information content (AvgIpc) is 2.33. The Labute approximate surface area is 110 Å². The Bertz CT molecular complexity index is 386. The monoisotopic (exact) mass is 248 g/mol. The van der Waals surface area contributed by atoms with Crippen molar-refractivity contribution >= 4 is 5.91 Å². The van der Waals surface area contributed by atoms with E-state index >= 15 is 0 Å². The molecule has 0 N–H and O–H groups in total. The van der Waals surface area contributed by atoms with E-state index in [1.807, 2.05) is 37.9 Å². The summed E-state index contributed by atoms with van der Waals surface area (Å²) in [6, 6.07) is 8.31. The highest BCUT2D eigenvalue weighted by Gasteiger charge is 2.12. The van der Waals surface area contributed by atoms with Crippen LogP contribution in [-0.4, -0.2) is 42.4 Å². The molecule has 0 saturated carbocycles. The van der Waals surface area contributed by atoms with E-state index in [-0.39, 0.29) is 5.91 Å². The molecule has 0 saturated heterocycles. The second kappa shape index (κ2) is 7.17. The molecule has 0 aliphatic heterocycles. The van der Waals surface area contributed by atoms with Crippen molar-refractivity contribution in [2.75, 3.05) is 26.7 Å². The van der Waals surface area contributed by atoms with Crippen LogP contribution >= 0.6 is 0 Å². The fourth-order valence-corrected chi connectivity index (χ4v) is 2.04. The Morgan fingerprint density at radius 2 is 1.78 bits per heavy atom. The number of rotatable bonds is 6. The van der Waals surface area contributed by atoms with Crippen LogP contribution in [0.1, 0.15) is 25.0 Å². The maximum absolute atomic E-state index is 12.0. The van der Waals surface area contributed by atoms with Gasteiger partial charge < -0.3 is 4.90 Å². The highest BCUT2D eigenvalue weighted by Crippen LogP contribution is 2.09. The van der Waals surface area contributed by atoms with Crippen molar-refractivity contribution in [1.29, 1.82) is 0 Å². The summed E-state index contributed by atoms with van der Waals surface area (Å²) in [5, 5.41) is 0. The van der Waals surface area contributed by atoms with E-state index in [2.05, 4.69) is 24.0 Å². The lowest BCUT2D eigenvalue weighted by Gasteiger charge is -2.23. The Balaban J connectivity index is 2.54. The van der Waals surface area contributed by atoms with Crippen LogP contribution in [0.4, 0.5) is 0 Å². The summed E-state index contributed by atoms with van der Waals surface area (Å²) in [5.41, 5.74) is 2.56. The minimum atomic E-state index is 0.205. The number of nitrogens with zero attached hydrogens (tertiary/aromatic N) is 2. The van der Waals surface area contributed by atoms with Crippen molar-refractivity contribution in [3.63, 3.8) is 0 Å². The van der Waals surface area contributed by atoms with Gasteiger partial charge in [-0.05, 0) is 38.9 Å². The van der Waals surface area contributed by atoms with Gasteiger partial charge in [0.25, 0.3) is 0 Å². The minimum Gasteiger partial charge on any atom is -0.342 e. The van der Waals surface area contributed by atoms with Gasteiger partial charge >= 0.3 is 0 Å². The molecule has 1 aromatic carbocycles. The third kappa shape index (κ3) is 4.15. The number of aryl methyl sites for hydroxylation is 1. The van der Waals surface area contributed by atoms with E-state index < -0.39 is 0 Å². The smallest absolute Gasteiger partial charge is 0.236 e. The molecule has 100 valence electrons. The first-order chi connectivity index (χ1) is 8.58. The molecule has 0 aliphatic rings. The molecule has 0 fully saturated rings. The number of likely N-dealkylation sites (N-methyl/N-ethyl adjacent to an activating group) is 2. The van der Waals surface area contributed by atoms with Crippen LogP contribution in [0, 0.1) is 6.92 Å². The van der Waals surface area contributed by atoms with Crippen molar-refractivity contribution in [2.45, 2.75) is 27.3 Å². The van der Waals surface area contributed by atoms with Crippen molar-refractivity contribution in [2.24, 2.45) is 0 Å². The van der Waals surface area contributed by atoms with Gasteiger partial charge in [0, 0.05) is 19.6 Å². The Morgan fingerprint density at radius 1 is 1.17 bits per heavy atom. The molecule has 3 heteroatoms. The van der Waals surface area contributed by atoms with Crippen LogP contribution in [0.3, 0.4) is 0 Å². The second-order valence-corrected chi connectivity index (χ2v) is 4.66. The van der Waals surface area contributed by atoms with E-state index in [0.29, 0.717) is 6.54 Å². The standard InChI is InChI=1S/C15H24N2O/c1-5-17(6-2)15(18)12-16(4)11-14-10-8-7-9-13(14)3/h7-10H,5-6,11-12H2,1-4H3. The van der Waals surface area contributed by atoms with E-state index in [1.54, 1.807) is 0 Å². The molecule has 0 unspecified atom stereocenters. The lowest BCUT2D eigenvalue weighted by Crippen LogP contribution is -2.38. The van der Waals surface area contributed by atoms with Gasteiger partial charge in [-0.1, -0.05) is 24.3 Å². The number of carbonyl (C=O) groups is 1. The number of amides is 1. The predicted octanol–water partition coefficient (Wildman–Crippen LogP) is 2.30. The van der Waals surface area contributed by atoms with Crippen molar-refractivity contribution in [1.82, 2.24) is 9.80 Å². The quantitative estimate of drug-likeness (QED) is 0.771. The first-order valence-electron chi connectivity index (χ1n) is 6.59. The first-order valence-corrected chi connectivity index (χ1v) is 6.59. The summed E-state index contributed by atoms with van der Waals surface area (Å²) in [7, 11) is 1.99. The third-order valence-corrected chi connectivity index (χ3v) is 3.22. The van der Waals surface area contributed by atoms with Crippen LogP contribution in [0.25, 0.3) is 0 Å². The van der Waals surface area contributed by atoms with Gasteiger partial charge in [0.15, 0.2) is 0 Å². The van der Waals surface area contributed by atoms with E-state index in [1.165, 1.54) is 11.1 Å². The lowest BCUT2D eigenvalue weighted by atomic mass is 10.1. The van der Waals surface area contributed by atoms with Gasteiger partial charge in [-0.3, -0.25) is 9.69 Å². The SMILES string of the molecule is CCN(CC)C(=O)CN(C)Cc1ccccc1C. The average molecular weight is 248 g/mol. The third-order valence-electron chi connectivity index (χ3n) is 3.22. The van der Waals surface area contributed by atoms with E-state index in [9.17, 15) is 4.79 Å². The van der Waals surface area contributed by atoms with Gasteiger partial charge in [-0.15, -0.1) is 0 Å². The molecule has 1 aromatic rings. The zero-order valence-corrected chi connectivity index (χ0v) is 11.9. The van der Waals surface area contributed by atoms with Crippen LogP contribution in [0.15, 0.2) is 24.3 Å².